The van der Waals surface area contributed by atoms with E-state index in [2.05, 4.69) is 15.9 Å². The Labute approximate surface area is 103 Å². The van der Waals surface area contributed by atoms with Gasteiger partial charge in [0.2, 0.25) is 0 Å². The quantitative estimate of drug-likeness (QED) is 0.887. The van der Waals surface area contributed by atoms with E-state index in [-0.39, 0.29) is 6.54 Å². The van der Waals surface area contributed by atoms with Crippen LogP contribution in [0.4, 0.5) is 0 Å². The first-order valence-corrected chi connectivity index (χ1v) is 5.58. The van der Waals surface area contributed by atoms with Gasteiger partial charge in [0.25, 0.3) is 0 Å². The van der Waals surface area contributed by atoms with E-state index >= 15 is 0 Å². The molecule has 1 aromatic carbocycles. The van der Waals surface area contributed by atoms with Crippen LogP contribution in [-0.2, 0) is 4.79 Å². The lowest BCUT2D eigenvalue weighted by molar-refractivity contribution is -0.138. The normalized spacial score (nSPS) is 12.2. The van der Waals surface area contributed by atoms with Gasteiger partial charge < -0.3 is 15.6 Å². The van der Waals surface area contributed by atoms with Crippen LogP contribution < -0.4 is 10.5 Å². The zero-order chi connectivity index (χ0) is 12.3. The maximum atomic E-state index is 11.0. The largest absolute Gasteiger partial charge is 0.496 e. The summed E-state index contributed by atoms with van der Waals surface area (Å²) < 4.78 is 5.90. The van der Waals surface area contributed by atoms with Gasteiger partial charge in [-0.15, -0.1) is 0 Å². The third-order valence-electron chi connectivity index (χ3n) is 2.52. The van der Waals surface area contributed by atoms with Gasteiger partial charge in [-0.25, -0.2) is 0 Å². The van der Waals surface area contributed by atoms with Crippen molar-refractivity contribution in [3.8, 4) is 5.75 Å². The van der Waals surface area contributed by atoms with Crippen molar-refractivity contribution in [1.29, 1.82) is 0 Å². The van der Waals surface area contributed by atoms with Crippen LogP contribution in [0.25, 0.3) is 0 Å². The minimum absolute atomic E-state index is 0.0783. The van der Waals surface area contributed by atoms with Crippen LogP contribution in [0.2, 0.25) is 0 Å². The summed E-state index contributed by atoms with van der Waals surface area (Å²) in [5.74, 6) is -0.910. The maximum absolute atomic E-state index is 11.0. The molecule has 0 bridgehead atoms. The van der Waals surface area contributed by atoms with Gasteiger partial charge in [-0.1, -0.05) is 6.07 Å². The number of aliphatic carboxylic acids is 1. The highest BCUT2D eigenvalue weighted by molar-refractivity contribution is 9.10. The molecule has 88 valence electrons. The molecule has 5 heteroatoms. The summed E-state index contributed by atoms with van der Waals surface area (Å²) in [7, 11) is 1.57. The summed E-state index contributed by atoms with van der Waals surface area (Å²) >= 11 is 3.38. The van der Waals surface area contributed by atoms with Gasteiger partial charge in [-0.2, -0.15) is 0 Å². The number of benzene rings is 1. The molecular formula is C11H14BrNO3. The number of nitrogens with two attached hydrogens (primary N) is 1. The molecule has 1 unspecified atom stereocenters. The standard InChI is InChI=1S/C11H14BrNO3/c1-6-7(8(5-13)11(14)15)3-4-9(16-2)10(6)12/h3-4,8H,5,13H2,1-2H3,(H,14,15). The second kappa shape index (κ2) is 5.32. The van der Waals surface area contributed by atoms with Crippen molar-refractivity contribution >= 4 is 21.9 Å². The Morgan fingerprint density at radius 1 is 1.62 bits per heavy atom. The lowest BCUT2D eigenvalue weighted by atomic mass is 9.95. The molecule has 0 aromatic heterocycles. The SMILES string of the molecule is COc1ccc(C(CN)C(=O)O)c(C)c1Br. The van der Waals surface area contributed by atoms with Crippen molar-refractivity contribution in [2.24, 2.45) is 5.73 Å². The fourth-order valence-corrected chi connectivity index (χ4v) is 2.09. The summed E-state index contributed by atoms with van der Waals surface area (Å²) in [6.45, 7) is 1.92. The summed E-state index contributed by atoms with van der Waals surface area (Å²) in [4.78, 5) is 11.0. The van der Waals surface area contributed by atoms with Gasteiger partial charge in [0.1, 0.15) is 5.75 Å². The molecule has 0 spiro atoms. The number of carbonyl (C=O) groups is 1. The van der Waals surface area contributed by atoms with E-state index in [0.29, 0.717) is 11.3 Å². The van der Waals surface area contributed by atoms with Crippen LogP contribution in [-0.4, -0.2) is 24.7 Å². The molecule has 0 aliphatic carbocycles. The Morgan fingerprint density at radius 2 is 2.25 bits per heavy atom. The Bertz CT molecular complexity index is 406. The minimum atomic E-state index is -0.914. The lowest BCUT2D eigenvalue weighted by Gasteiger charge is -2.16. The lowest BCUT2D eigenvalue weighted by Crippen LogP contribution is -2.22. The first kappa shape index (κ1) is 13.0. The minimum Gasteiger partial charge on any atom is -0.496 e. The molecule has 0 fully saturated rings. The van der Waals surface area contributed by atoms with Crippen LogP contribution in [0.5, 0.6) is 5.75 Å². The monoisotopic (exact) mass is 287 g/mol. The van der Waals surface area contributed by atoms with Crippen LogP contribution in [0, 0.1) is 6.92 Å². The number of carboxylic acids is 1. The molecule has 1 aromatic rings. The van der Waals surface area contributed by atoms with Crippen LogP contribution in [0.3, 0.4) is 0 Å². The van der Waals surface area contributed by atoms with E-state index in [9.17, 15) is 4.79 Å². The first-order valence-electron chi connectivity index (χ1n) is 4.78. The van der Waals surface area contributed by atoms with Gasteiger partial charge >= 0.3 is 5.97 Å². The highest BCUT2D eigenvalue weighted by Gasteiger charge is 2.21. The van der Waals surface area contributed by atoms with Crippen molar-refractivity contribution in [1.82, 2.24) is 0 Å². The molecule has 1 rings (SSSR count). The third-order valence-corrected chi connectivity index (χ3v) is 3.51. The summed E-state index contributed by atoms with van der Waals surface area (Å²) in [6.07, 6.45) is 0. The number of hydrogen-bond acceptors (Lipinski definition) is 3. The van der Waals surface area contributed by atoms with Crippen molar-refractivity contribution in [3.63, 3.8) is 0 Å². The van der Waals surface area contributed by atoms with Gasteiger partial charge in [0, 0.05) is 6.54 Å². The smallest absolute Gasteiger partial charge is 0.312 e. The molecule has 0 saturated carbocycles. The summed E-state index contributed by atoms with van der Waals surface area (Å²) in [5.41, 5.74) is 7.02. The highest BCUT2D eigenvalue weighted by Crippen LogP contribution is 2.33. The summed E-state index contributed by atoms with van der Waals surface area (Å²) in [6, 6.07) is 3.47. The number of ether oxygens (including phenoxy) is 1. The predicted molar refractivity (Wildman–Crippen MR) is 64.9 cm³/mol. The predicted octanol–water partition coefficient (Wildman–Crippen LogP) is 1.89. The molecule has 0 aliphatic rings. The van der Waals surface area contributed by atoms with E-state index in [1.54, 1.807) is 19.2 Å². The van der Waals surface area contributed by atoms with Crippen molar-refractivity contribution in [2.75, 3.05) is 13.7 Å². The second-order valence-electron chi connectivity index (χ2n) is 3.42. The van der Waals surface area contributed by atoms with Crippen molar-refractivity contribution in [2.45, 2.75) is 12.8 Å². The molecule has 4 nitrogen and oxygen atoms in total. The van der Waals surface area contributed by atoms with Gasteiger partial charge in [0.05, 0.1) is 17.5 Å². The fraction of sp³-hybridized carbons (Fsp3) is 0.364. The maximum Gasteiger partial charge on any atom is 0.312 e. The van der Waals surface area contributed by atoms with Gasteiger partial charge in [0.15, 0.2) is 0 Å². The van der Waals surface area contributed by atoms with Crippen LogP contribution >= 0.6 is 15.9 Å². The molecule has 3 N–H and O–H groups in total. The van der Waals surface area contributed by atoms with Gasteiger partial charge in [-0.05, 0) is 40.0 Å². The Morgan fingerprint density at radius 3 is 2.69 bits per heavy atom. The second-order valence-corrected chi connectivity index (χ2v) is 4.22. The Kier molecular flexibility index (Phi) is 4.32. The number of halogens is 1. The number of rotatable bonds is 4. The Hall–Kier alpha value is -1.07. The Balaban J connectivity index is 3.25. The third kappa shape index (κ3) is 2.36. The molecule has 1 atom stereocenters. The van der Waals surface area contributed by atoms with E-state index in [4.69, 9.17) is 15.6 Å². The molecule has 0 heterocycles. The number of hydrogen-bond donors (Lipinski definition) is 2. The zero-order valence-corrected chi connectivity index (χ0v) is 10.7. The molecule has 0 radical (unpaired) electrons. The fourth-order valence-electron chi connectivity index (χ4n) is 1.57. The average Bonchev–Trinajstić information content (AvgIpc) is 2.25. The molecule has 16 heavy (non-hydrogen) atoms. The van der Waals surface area contributed by atoms with Gasteiger partial charge in [-0.3, -0.25) is 4.79 Å². The van der Waals surface area contributed by atoms with Crippen molar-refractivity contribution in [3.05, 3.63) is 27.7 Å². The van der Waals surface area contributed by atoms with E-state index < -0.39 is 11.9 Å². The highest BCUT2D eigenvalue weighted by atomic mass is 79.9. The average molecular weight is 288 g/mol. The zero-order valence-electron chi connectivity index (χ0n) is 9.16. The van der Waals surface area contributed by atoms with E-state index in [1.807, 2.05) is 6.92 Å². The topological polar surface area (TPSA) is 72.5 Å². The van der Waals surface area contributed by atoms with Crippen LogP contribution in [0.15, 0.2) is 16.6 Å². The molecular weight excluding hydrogens is 274 g/mol. The number of methoxy groups -OCH3 is 1. The van der Waals surface area contributed by atoms with Crippen molar-refractivity contribution < 1.29 is 14.6 Å². The molecule has 0 amide bonds. The van der Waals surface area contributed by atoms with Crippen LogP contribution in [0.1, 0.15) is 17.0 Å². The van der Waals surface area contributed by atoms with E-state index in [1.165, 1.54) is 0 Å². The summed E-state index contributed by atoms with van der Waals surface area (Å²) in [5, 5.41) is 9.04. The number of carboxylic acid groups (broad SMARTS) is 1. The first-order chi connectivity index (χ1) is 7.52. The molecule has 0 aliphatic heterocycles. The molecule has 0 saturated heterocycles. The van der Waals surface area contributed by atoms with E-state index in [0.717, 1.165) is 10.0 Å².